The largest absolute Gasteiger partial charge is 0.378 e. The zero-order chi connectivity index (χ0) is 18.3. The van der Waals surface area contributed by atoms with Crippen LogP contribution in [-0.4, -0.2) is 48.9 Å². The van der Waals surface area contributed by atoms with E-state index in [0.29, 0.717) is 50.4 Å². The van der Waals surface area contributed by atoms with Crippen molar-refractivity contribution in [3.05, 3.63) is 41.5 Å². The summed E-state index contributed by atoms with van der Waals surface area (Å²) in [6.07, 6.45) is 3.34. The van der Waals surface area contributed by atoms with Gasteiger partial charge in [0.05, 0.1) is 30.7 Å². The van der Waals surface area contributed by atoms with Gasteiger partial charge >= 0.3 is 0 Å². The van der Waals surface area contributed by atoms with Crippen molar-refractivity contribution in [2.75, 3.05) is 31.2 Å². The average molecular weight is 354 g/mol. The topological polar surface area (TPSA) is 66.9 Å². The van der Waals surface area contributed by atoms with Crippen molar-refractivity contribution < 1.29 is 19.1 Å². The van der Waals surface area contributed by atoms with Crippen molar-refractivity contribution in [3.63, 3.8) is 0 Å². The van der Waals surface area contributed by atoms with Gasteiger partial charge in [-0.05, 0) is 44.0 Å². The van der Waals surface area contributed by atoms with Crippen LogP contribution >= 0.6 is 0 Å². The molecular weight excluding hydrogens is 332 g/mol. The Hall–Kier alpha value is -2.47. The van der Waals surface area contributed by atoms with E-state index in [-0.39, 0.29) is 29.6 Å². The van der Waals surface area contributed by atoms with Gasteiger partial charge in [0.1, 0.15) is 0 Å². The Labute approximate surface area is 152 Å². The number of ether oxygens (including phenoxy) is 1. The van der Waals surface area contributed by atoms with Gasteiger partial charge in [-0.2, -0.15) is 0 Å². The number of benzene rings is 1. The Morgan fingerprint density at radius 2 is 1.69 bits per heavy atom. The minimum absolute atomic E-state index is 0.0487. The van der Waals surface area contributed by atoms with Gasteiger partial charge in [-0.15, -0.1) is 0 Å². The van der Waals surface area contributed by atoms with E-state index in [1.165, 1.54) is 10.5 Å². The summed E-state index contributed by atoms with van der Waals surface area (Å²) in [5, 5.41) is 0. The average Bonchev–Trinajstić information content (AvgIpc) is 2.92. The summed E-state index contributed by atoms with van der Waals surface area (Å²) in [5.41, 5.74) is 2.27. The van der Waals surface area contributed by atoms with E-state index >= 15 is 0 Å². The number of rotatable bonds is 2. The van der Waals surface area contributed by atoms with Crippen LogP contribution in [0.15, 0.2) is 35.9 Å². The summed E-state index contributed by atoms with van der Waals surface area (Å²) in [6, 6.07) is 6.78. The number of hydrogen-bond acceptors (Lipinski definition) is 4. The quantitative estimate of drug-likeness (QED) is 0.602. The number of imide groups is 1. The number of anilines is 1. The molecule has 0 radical (unpaired) electrons. The van der Waals surface area contributed by atoms with E-state index in [4.69, 9.17) is 4.74 Å². The molecule has 6 heteroatoms. The standard InChI is InChI=1S/C20H22N2O4/c1-13-2-7-16-17(12-13)20(25)22(19(16)24)15-5-3-14(4-6-15)18(23)21-8-10-26-11-9-21/h2-6,16-17H,7-12H2,1H3/t16-,17+/m0/s1. The monoisotopic (exact) mass is 354 g/mol. The van der Waals surface area contributed by atoms with Crippen LogP contribution in [0.2, 0.25) is 0 Å². The lowest BCUT2D eigenvalue weighted by atomic mass is 9.82. The fourth-order valence-corrected chi connectivity index (χ4v) is 3.99. The van der Waals surface area contributed by atoms with Crippen LogP contribution < -0.4 is 4.90 Å². The van der Waals surface area contributed by atoms with E-state index in [9.17, 15) is 14.4 Å². The third-order valence-electron chi connectivity index (χ3n) is 5.49. The number of amides is 3. The van der Waals surface area contributed by atoms with E-state index < -0.39 is 0 Å². The molecule has 1 aromatic rings. The van der Waals surface area contributed by atoms with Crippen LogP contribution in [0.3, 0.4) is 0 Å². The smallest absolute Gasteiger partial charge is 0.254 e. The first kappa shape index (κ1) is 17.0. The molecule has 4 rings (SSSR count). The lowest BCUT2D eigenvalue weighted by Gasteiger charge is -2.27. The number of nitrogens with zero attached hydrogens (tertiary/aromatic N) is 2. The fourth-order valence-electron chi connectivity index (χ4n) is 3.99. The zero-order valence-corrected chi connectivity index (χ0v) is 14.8. The maximum Gasteiger partial charge on any atom is 0.254 e. The van der Waals surface area contributed by atoms with Gasteiger partial charge < -0.3 is 9.64 Å². The van der Waals surface area contributed by atoms with Crippen LogP contribution in [0.5, 0.6) is 0 Å². The SMILES string of the molecule is CC1=CC[C@@H]2C(=O)N(c3ccc(C(=O)N4CCOCC4)cc3)C(=O)[C@@H]2C1. The van der Waals surface area contributed by atoms with Gasteiger partial charge in [-0.3, -0.25) is 19.3 Å². The number of fused-ring (bicyclic) bond motifs is 1. The molecule has 0 spiro atoms. The number of carbonyl (C=O) groups excluding carboxylic acids is 3. The first-order chi connectivity index (χ1) is 12.6. The Morgan fingerprint density at radius 1 is 1.04 bits per heavy atom. The predicted octanol–water partition coefficient (Wildman–Crippen LogP) is 2.00. The highest BCUT2D eigenvalue weighted by molar-refractivity contribution is 6.22. The molecule has 0 unspecified atom stereocenters. The van der Waals surface area contributed by atoms with Crippen molar-refractivity contribution >= 4 is 23.4 Å². The maximum atomic E-state index is 12.8. The molecule has 3 aliphatic rings. The maximum absolute atomic E-state index is 12.8. The third-order valence-corrected chi connectivity index (χ3v) is 5.49. The molecule has 0 aromatic heterocycles. The Bertz CT molecular complexity index is 778. The molecule has 0 N–H and O–H groups in total. The Kier molecular flexibility index (Phi) is 4.36. The second-order valence-corrected chi connectivity index (χ2v) is 7.17. The van der Waals surface area contributed by atoms with E-state index in [0.717, 1.165) is 0 Å². The van der Waals surface area contributed by atoms with Gasteiger partial charge in [0.25, 0.3) is 5.91 Å². The highest BCUT2D eigenvalue weighted by Gasteiger charge is 2.48. The molecular formula is C20H22N2O4. The first-order valence-electron chi connectivity index (χ1n) is 9.07. The van der Waals surface area contributed by atoms with E-state index in [1.54, 1.807) is 29.2 Å². The summed E-state index contributed by atoms with van der Waals surface area (Å²) in [5.74, 6) is -0.800. The number of hydrogen-bond donors (Lipinski definition) is 0. The molecule has 26 heavy (non-hydrogen) atoms. The second kappa shape index (κ2) is 6.68. The molecule has 1 aromatic carbocycles. The van der Waals surface area contributed by atoms with Gasteiger partial charge in [0.15, 0.2) is 0 Å². The highest BCUT2D eigenvalue weighted by atomic mass is 16.5. The van der Waals surface area contributed by atoms with Gasteiger partial charge in [-0.1, -0.05) is 11.6 Å². The number of morpholine rings is 1. The second-order valence-electron chi connectivity index (χ2n) is 7.17. The predicted molar refractivity (Wildman–Crippen MR) is 95.6 cm³/mol. The summed E-state index contributed by atoms with van der Waals surface area (Å²) < 4.78 is 5.27. The summed E-state index contributed by atoms with van der Waals surface area (Å²) >= 11 is 0. The molecule has 1 aliphatic carbocycles. The van der Waals surface area contributed by atoms with Crippen LogP contribution in [0.1, 0.15) is 30.1 Å². The van der Waals surface area contributed by atoms with Crippen molar-refractivity contribution in [3.8, 4) is 0 Å². The lowest BCUT2D eigenvalue weighted by Crippen LogP contribution is -2.40. The Morgan fingerprint density at radius 3 is 2.38 bits per heavy atom. The van der Waals surface area contributed by atoms with E-state index in [1.807, 2.05) is 6.92 Å². The van der Waals surface area contributed by atoms with Crippen molar-refractivity contribution in [1.29, 1.82) is 0 Å². The molecule has 2 heterocycles. The van der Waals surface area contributed by atoms with Gasteiger partial charge in [-0.25, -0.2) is 0 Å². The molecule has 0 bridgehead atoms. The molecule has 2 saturated heterocycles. The van der Waals surface area contributed by atoms with Crippen LogP contribution in [-0.2, 0) is 14.3 Å². The van der Waals surface area contributed by atoms with Crippen LogP contribution in [0, 0.1) is 11.8 Å². The number of allylic oxidation sites excluding steroid dienone is 2. The summed E-state index contributed by atoms with van der Waals surface area (Å²) in [4.78, 5) is 41.0. The Balaban J connectivity index is 1.53. The highest BCUT2D eigenvalue weighted by Crippen LogP contribution is 2.39. The van der Waals surface area contributed by atoms with Crippen molar-refractivity contribution in [2.45, 2.75) is 19.8 Å². The van der Waals surface area contributed by atoms with E-state index in [2.05, 4.69) is 6.08 Å². The number of carbonyl (C=O) groups is 3. The normalized spacial score (nSPS) is 26.0. The minimum atomic E-state index is -0.249. The molecule has 2 atom stereocenters. The molecule has 6 nitrogen and oxygen atoms in total. The fraction of sp³-hybridized carbons (Fsp3) is 0.450. The molecule has 3 amide bonds. The molecule has 2 fully saturated rings. The van der Waals surface area contributed by atoms with Crippen molar-refractivity contribution in [2.24, 2.45) is 11.8 Å². The van der Waals surface area contributed by atoms with Crippen molar-refractivity contribution in [1.82, 2.24) is 4.90 Å². The van der Waals surface area contributed by atoms with Crippen LogP contribution in [0.25, 0.3) is 0 Å². The molecule has 2 aliphatic heterocycles. The first-order valence-corrected chi connectivity index (χ1v) is 9.07. The molecule has 136 valence electrons. The van der Waals surface area contributed by atoms with Gasteiger partial charge in [0.2, 0.25) is 11.8 Å². The lowest BCUT2D eigenvalue weighted by molar-refractivity contribution is -0.122. The summed E-state index contributed by atoms with van der Waals surface area (Å²) in [6.45, 7) is 4.27. The molecule has 0 saturated carbocycles. The van der Waals surface area contributed by atoms with Crippen LogP contribution in [0.4, 0.5) is 5.69 Å². The van der Waals surface area contributed by atoms with Gasteiger partial charge in [0, 0.05) is 18.7 Å². The minimum Gasteiger partial charge on any atom is -0.378 e. The third kappa shape index (κ3) is 2.84. The zero-order valence-electron chi connectivity index (χ0n) is 14.8. The summed E-state index contributed by atoms with van der Waals surface area (Å²) in [7, 11) is 0.